The highest BCUT2D eigenvalue weighted by Crippen LogP contribution is 2.74. The lowest BCUT2D eigenvalue weighted by Crippen LogP contribution is -2.52. The van der Waals surface area contributed by atoms with Crippen LogP contribution < -0.4 is 0 Å². The maximum absolute atomic E-state index is 14.0. The number of cyclic esters (lactones) is 2. The summed E-state index contributed by atoms with van der Waals surface area (Å²) in [6, 6.07) is 0. The Morgan fingerprint density at radius 2 is 1.22 bits per heavy atom. The minimum atomic E-state index is -0.712. The fourth-order valence-corrected chi connectivity index (χ4v) is 20.5. The van der Waals surface area contributed by atoms with Gasteiger partial charge in [0.25, 0.3) is 0 Å². The molecule has 13 heteroatoms. The van der Waals surface area contributed by atoms with Crippen molar-refractivity contribution in [3.8, 4) is 0 Å². The highest BCUT2D eigenvalue weighted by molar-refractivity contribution is 5.96. The highest BCUT2D eigenvalue weighted by Gasteiger charge is 2.76. The van der Waals surface area contributed by atoms with E-state index < -0.39 is 40.8 Å². The predicted octanol–water partition coefficient (Wildman–Crippen LogP) is 5.57. The average Bonchev–Trinajstić information content (AvgIpc) is 4.09. The molecular weight excluding hydrogens is 833 g/mol. The van der Waals surface area contributed by atoms with Crippen LogP contribution in [0.1, 0.15) is 99.3 Å². The van der Waals surface area contributed by atoms with Crippen molar-refractivity contribution >= 4 is 29.8 Å². The first-order valence-electron chi connectivity index (χ1n) is 25.9. The molecule has 7 aliphatic heterocycles. The van der Waals surface area contributed by atoms with Crippen LogP contribution in [0.3, 0.4) is 0 Å². The summed E-state index contributed by atoms with van der Waals surface area (Å²) >= 11 is 0. The van der Waals surface area contributed by atoms with Gasteiger partial charge in [-0.2, -0.15) is 0 Å². The van der Waals surface area contributed by atoms with E-state index in [4.69, 9.17) is 28.4 Å². The third kappa shape index (κ3) is 5.67. The molecule has 29 unspecified atom stereocenters. The number of carbonyl (C=O) groups is 5. The van der Waals surface area contributed by atoms with Crippen LogP contribution in [0.4, 0.5) is 0 Å². The molecule has 13 rings (SSSR count). The third-order valence-corrected chi connectivity index (χ3v) is 22.3. The van der Waals surface area contributed by atoms with Gasteiger partial charge in [0.05, 0.1) is 72.3 Å². The monoisotopic (exact) mass is 902 g/mol. The van der Waals surface area contributed by atoms with Gasteiger partial charge in [0.2, 0.25) is 0 Å². The van der Waals surface area contributed by atoms with Gasteiger partial charge in [-0.1, -0.05) is 13.8 Å². The number of aliphatic carboxylic acids is 1. The fourth-order valence-electron chi connectivity index (χ4n) is 20.5. The molecule has 13 nitrogen and oxygen atoms in total. The Kier molecular flexibility index (Phi) is 9.31. The van der Waals surface area contributed by atoms with Crippen molar-refractivity contribution in [2.24, 2.45) is 136 Å². The molecule has 2 N–H and O–H groups in total. The number of esters is 4. The Bertz CT molecular complexity index is 2070. The zero-order chi connectivity index (χ0) is 45.1. The molecular formula is C52H70O13. The van der Waals surface area contributed by atoms with E-state index >= 15 is 0 Å². The van der Waals surface area contributed by atoms with E-state index in [1.165, 1.54) is 0 Å². The number of carbonyl (C=O) groups excluding carboxylic acids is 4. The molecule has 0 spiro atoms. The maximum Gasteiger partial charge on any atom is 0.317 e. The van der Waals surface area contributed by atoms with Crippen LogP contribution in [0.15, 0.2) is 0 Å². The molecule has 0 radical (unpaired) electrons. The van der Waals surface area contributed by atoms with Crippen molar-refractivity contribution in [3.63, 3.8) is 0 Å². The Labute approximate surface area is 381 Å². The van der Waals surface area contributed by atoms with Gasteiger partial charge in [-0.15, -0.1) is 0 Å². The number of ether oxygens (including phenoxy) is 6. The van der Waals surface area contributed by atoms with Crippen LogP contribution in [0.5, 0.6) is 0 Å². The maximum atomic E-state index is 14.0. The molecule has 29 atom stereocenters. The van der Waals surface area contributed by atoms with Crippen molar-refractivity contribution in [2.75, 3.05) is 13.2 Å². The molecule has 6 saturated carbocycles. The number of hydrogen-bond donors (Lipinski definition) is 2. The normalized spacial score (nSPS) is 57.4. The van der Waals surface area contributed by atoms with Crippen molar-refractivity contribution in [3.05, 3.63) is 0 Å². The van der Waals surface area contributed by atoms with Crippen LogP contribution in [0.2, 0.25) is 0 Å². The molecule has 13 fully saturated rings. The van der Waals surface area contributed by atoms with Gasteiger partial charge in [-0.25, -0.2) is 0 Å². The van der Waals surface area contributed by atoms with Crippen LogP contribution in [0.25, 0.3) is 0 Å². The van der Waals surface area contributed by atoms with Gasteiger partial charge in [-0.3, -0.25) is 24.0 Å². The SMILES string of the molecule is CC1C(=O)OC(=O)C1CC1C(CC2C(CC3C(C)C4OC3C3C4C4CC3C(C)(C(=O)OC(C)(C)C)C4)C3OC2C2C4CC(CC4C(=O)OCCO)C32)C2OC1C1C3CC(CC3C(=O)O)C21. The molecule has 0 aromatic heterocycles. The molecule has 7 heterocycles. The summed E-state index contributed by atoms with van der Waals surface area (Å²) in [5.74, 6) is 1.29. The number of hydrogen-bond acceptors (Lipinski definition) is 12. The lowest BCUT2D eigenvalue weighted by Gasteiger charge is -2.48. The molecule has 356 valence electrons. The van der Waals surface area contributed by atoms with Gasteiger partial charge < -0.3 is 38.6 Å². The van der Waals surface area contributed by atoms with Gasteiger partial charge >= 0.3 is 29.8 Å². The molecule has 12 bridgehead atoms. The minimum absolute atomic E-state index is 0.0113. The zero-order valence-corrected chi connectivity index (χ0v) is 38.8. The standard InChI is InChI=1S/C52H70O13/c1-18-23(41-39-33-13-22(36(39)40(18)61-41)17-52(33,6)50(59)65-51(3,4)5)14-27-30(45-38-26-10-21(35(38)42(27)62-45)12-32(26)48(57)60-8-7-53)16-29-28(15-24-19(2)47(56)64-49(24)58)44-37-25-9-20(11-31(25)46(54)55)34(37)43(29)63-44/h18-45,53H,7-17H2,1-6H3,(H,54,55). The van der Waals surface area contributed by atoms with E-state index in [2.05, 4.69) is 13.8 Å². The first-order valence-corrected chi connectivity index (χ1v) is 25.9. The second-order valence-corrected chi connectivity index (χ2v) is 25.6. The summed E-state index contributed by atoms with van der Waals surface area (Å²) < 4.78 is 38.6. The lowest BCUT2D eigenvalue weighted by atomic mass is 9.53. The summed E-state index contributed by atoms with van der Waals surface area (Å²) in [7, 11) is 0. The van der Waals surface area contributed by atoms with Crippen molar-refractivity contribution in [1.29, 1.82) is 0 Å². The van der Waals surface area contributed by atoms with Gasteiger partial charge in [0, 0.05) is 0 Å². The summed E-state index contributed by atoms with van der Waals surface area (Å²) in [4.78, 5) is 66.1. The first kappa shape index (κ1) is 42.5. The number of fused-ring (bicyclic) bond motifs is 27. The van der Waals surface area contributed by atoms with E-state index in [1.807, 2.05) is 20.8 Å². The number of carboxylic acid groups (broad SMARTS) is 1. The van der Waals surface area contributed by atoms with Crippen LogP contribution in [-0.2, 0) is 52.4 Å². The Balaban J connectivity index is 0.828. The molecule has 13 aliphatic rings. The van der Waals surface area contributed by atoms with Crippen molar-refractivity contribution < 1.29 is 62.6 Å². The van der Waals surface area contributed by atoms with Crippen molar-refractivity contribution in [1.82, 2.24) is 0 Å². The topological polar surface area (TPSA) is 181 Å². The second-order valence-electron chi connectivity index (χ2n) is 25.6. The largest absolute Gasteiger partial charge is 0.481 e. The number of rotatable bonds is 11. The number of aliphatic hydroxyl groups excluding tert-OH is 1. The number of carboxylic acids is 1. The molecule has 0 amide bonds. The summed E-state index contributed by atoms with van der Waals surface area (Å²) in [6.45, 7) is 12.1. The quantitative estimate of drug-likeness (QED) is 0.149. The van der Waals surface area contributed by atoms with E-state index in [-0.39, 0.29) is 127 Å². The van der Waals surface area contributed by atoms with Gasteiger partial charge in [0.15, 0.2) is 0 Å². The zero-order valence-electron chi connectivity index (χ0n) is 38.8. The molecule has 6 aliphatic carbocycles. The molecule has 65 heavy (non-hydrogen) atoms. The Morgan fingerprint density at radius 1 is 0.677 bits per heavy atom. The molecule has 7 saturated heterocycles. The van der Waals surface area contributed by atoms with E-state index in [1.54, 1.807) is 6.92 Å². The van der Waals surface area contributed by atoms with E-state index in [0.29, 0.717) is 66.1 Å². The van der Waals surface area contributed by atoms with Crippen LogP contribution in [-0.4, -0.2) is 95.5 Å². The Morgan fingerprint density at radius 3 is 1.80 bits per heavy atom. The smallest absolute Gasteiger partial charge is 0.317 e. The number of aliphatic hydroxyl groups is 1. The first-order chi connectivity index (χ1) is 31.0. The molecule has 0 aromatic rings. The van der Waals surface area contributed by atoms with E-state index in [0.717, 1.165) is 44.9 Å². The molecule has 0 aromatic carbocycles. The average molecular weight is 903 g/mol. The Hall–Kier alpha value is -2.61. The van der Waals surface area contributed by atoms with Crippen LogP contribution >= 0.6 is 0 Å². The van der Waals surface area contributed by atoms with Gasteiger partial charge in [-0.05, 0) is 192 Å². The third-order valence-electron chi connectivity index (χ3n) is 22.3. The van der Waals surface area contributed by atoms with Crippen LogP contribution in [0, 0.1) is 136 Å². The van der Waals surface area contributed by atoms with E-state index in [9.17, 15) is 34.2 Å². The van der Waals surface area contributed by atoms with Crippen molar-refractivity contribution in [2.45, 2.75) is 142 Å². The predicted molar refractivity (Wildman–Crippen MR) is 226 cm³/mol. The minimum Gasteiger partial charge on any atom is -0.481 e. The summed E-state index contributed by atoms with van der Waals surface area (Å²) in [5.41, 5.74) is -1.06. The highest BCUT2D eigenvalue weighted by atomic mass is 16.6. The van der Waals surface area contributed by atoms with Gasteiger partial charge in [0.1, 0.15) is 12.2 Å². The summed E-state index contributed by atoms with van der Waals surface area (Å²) in [6.07, 6.45) is 7.85. The fraction of sp³-hybridized carbons (Fsp3) is 0.904. The second kappa shape index (κ2) is 14.2. The lowest BCUT2D eigenvalue weighted by molar-refractivity contribution is -0.173. The summed E-state index contributed by atoms with van der Waals surface area (Å²) in [5, 5.41) is 19.8.